The molecular weight excluding hydrogens is 437 g/mol. The molecule has 1 amide bonds. The van der Waals surface area contributed by atoms with Crippen LogP contribution >= 0.6 is 0 Å². The first-order valence-electron chi connectivity index (χ1n) is 9.60. The minimum Gasteiger partial charge on any atom is -0.467 e. The summed E-state index contributed by atoms with van der Waals surface area (Å²) in [6.45, 7) is 5.90. The van der Waals surface area contributed by atoms with Crippen LogP contribution in [0, 0.1) is 11.6 Å². The van der Waals surface area contributed by atoms with Gasteiger partial charge in [0.1, 0.15) is 17.6 Å². The van der Waals surface area contributed by atoms with E-state index in [1.54, 1.807) is 0 Å². The lowest BCUT2D eigenvalue weighted by molar-refractivity contribution is -0.140. The van der Waals surface area contributed by atoms with Crippen LogP contribution in [0.3, 0.4) is 0 Å². The van der Waals surface area contributed by atoms with E-state index in [9.17, 15) is 31.5 Å². The van der Waals surface area contributed by atoms with Crippen molar-refractivity contribution in [1.29, 1.82) is 0 Å². The highest BCUT2D eigenvalue weighted by molar-refractivity contribution is 6.18. The first kappa shape index (κ1) is 23.5. The topological polar surface area (TPSA) is 59.8 Å². The maximum Gasteiger partial charge on any atom is 0.420 e. The van der Waals surface area contributed by atoms with Crippen molar-refractivity contribution >= 4 is 17.4 Å². The molecule has 0 aliphatic carbocycles. The van der Waals surface area contributed by atoms with E-state index >= 15 is 0 Å². The lowest BCUT2D eigenvalue weighted by Crippen LogP contribution is -2.36. The summed E-state index contributed by atoms with van der Waals surface area (Å²) in [4.78, 5) is 26.8. The highest BCUT2D eigenvalue weighted by Gasteiger charge is 2.45. The summed E-state index contributed by atoms with van der Waals surface area (Å²) in [7, 11) is 0. The molecule has 0 atom stereocenters. The number of hydrogen-bond acceptors (Lipinski definition) is 4. The van der Waals surface area contributed by atoms with Gasteiger partial charge in [-0.15, -0.1) is 0 Å². The maximum atomic E-state index is 13.7. The van der Waals surface area contributed by atoms with Gasteiger partial charge in [0.25, 0.3) is 5.91 Å². The number of carbonyl (C=O) groups is 2. The SMILES string of the molecule is CC(C)OC(=O)C1=CN(C(=O)c2ccc(F)c(F)c2)CC(C)(C)c2occ(C(F)(F)F)c21. The van der Waals surface area contributed by atoms with Crippen molar-refractivity contribution in [3.05, 3.63) is 64.7 Å². The largest absolute Gasteiger partial charge is 0.467 e. The van der Waals surface area contributed by atoms with Gasteiger partial charge in [-0.1, -0.05) is 13.8 Å². The third-order valence-electron chi connectivity index (χ3n) is 4.82. The second-order valence-corrected chi connectivity index (χ2v) is 8.29. The number of hydrogen-bond donors (Lipinski definition) is 0. The number of fused-ring (bicyclic) bond motifs is 1. The third-order valence-corrected chi connectivity index (χ3v) is 4.82. The fourth-order valence-electron chi connectivity index (χ4n) is 3.45. The van der Waals surface area contributed by atoms with E-state index in [4.69, 9.17) is 9.15 Å². The number of alkyl halides is 3. The molecular formula is C22H20F5NO4. The summed E-state index contributed by atoms with van der Waals surface area (Å²) >= 11 is 0. The Kier molecular flexibility index (Phi) is 5.92. The van der Waals surface area contributed by atoms with Crippen LogP contribution < -0.4 is 0 Å². The van der Waals surface area contributed by atoms with Gasteiger partial charge in [0.15, 0.2) is 11.6 Å². The number of ether oxygens (including phenoxy) is 1. The number of rotatable bonds is 3. The van der Waals surface area contributed by atoms with E-state index in [1.807, 2.05) is 0 Å². The van der Waals surface area contributed by atoms with Gasteiger partial charge in [-0.3, -0.25) is 4.79 Å². The summed E-state index contributed by atoms with van der Waals surface area (Å²) in [6.07, 6.45) is -4.04. The van der Waals surface area contributed by atoms with E-state index in [-0.39, 0.29) is 17.9 Å². The molecule has 3 rings (SSSR count). The molecule has 5 nitrogen and oxygen atoms in total. The van der Waals surface area contributed by atoms with Gasteiger partial charge in [0, 0.05) is 29.3 Å². The summed E-state index contributed by atoms with van der Waals surface area (Å²) < 4.78 is 78.4. The second-order valence-electron chi connectivity index (χ2n) is 8.29. The summed E-state index contributed by atoms with van der Waals surface area (Å²) in [6, 6.07) is 2.47. The van der Waals surface area contributed by atoms with Gasteiger partial charge in [-0.05, 0) is 32.0 Å². The predicted molar refractivity (Wildman–Crippen MR) is 103 cm³/mol. The predicted octanol–water partition coefficient (Wildman–Crippen LogP) is 5.30. The van der Waals surface area contributed by atoms with Gasteiger partial charge >= 0.3 is 12.1 Å². The van der Waals surface area contributed by atoms with Crippen molar-refractivity contribution < 1.29 is 40.7 Å². The van der Waals surface area contributed by atoms with Gasteiger partial charge in [0.05, 0.1) is 11.7 Å². The molecule has 1 aliphatic rings. The molecule has 2 heterocycles. The molecule has 0 spiro atoms. The number of nitrogens with zero attached hydrogens (tertiary/aromatic N) is 1. The smallest absolute Gasteiger partial charge is 0.420 e. The lowest BCUT2D eigenvalue weighted by Gasteiger charge is -2.28. The fourth-order valence-corrected chi connectivity index (χ4v) is 3.45. The summed E-state index contributed by atoms with van der Waals surface area (Å²) in [5.74, 6) is -4.51. The molecule has 0 fully saturated rings. The van der Waals surface area contributed by atoms with E-state index in [0.29, 0.717) is 12.3 Å². The Labute approximate surface area is 180 Å². The van der Waals surface area contributed by atoms with E-state index in [0.717, 1.165) is 23.2 Å². The first-order valence-corrected chi connectivity index (χ1v) is 9.60. The normalized spacial score (nSPS) is 15.8. The Bertz CT molecular complexity index is 1100. The minimum atomic E-state index is -4.84. The minimum absolute atomic E-state index is 0.155. The van der Waals surface area contributed by atoms with Crippen molar-refractivity contribution in [2.24, 2.45) is 0 Å². The average Bonchev–Trinajstić information content (AvgIpc) is 3.08. The zero-order valence-corrected chi connectivity index (χ0v) is 17.6. The van der Waals surface area contributed by atoms with Gasteiger partial charge in [0.2, 0.25) is 0 Å². The molecule has 0 radical (unpaired) electrons. The Balaban J connectivity index is 2.21. The molecule has 2 aromatic rings. The van der Waals surface area contributed by atoms with Crippen molar-refractivity contribution in [2.75, 3.05) is 6.54 Å². The molecule has 1 aliphatic heterocycles. The van der Waals surface area contributed by atoms with Crippen LogP contribution in [0.4, 0.5) is 22.0 Å². The van der Waals surface area contributed by atoms with E-state index < -0.39 is 57.9 Å². The first-order chi connectivity index (χ1) is 14.7. The standard InChI is InChI=1S/C22H20F5NO4/c1-11(2)32-20(30)13-8-28(19(29)12-5-6-15(23)16(24)7-12)10-21(3,4)18-17(13)14(9-31-18)22(25,26)27/h5-9,11H,10H2,1-4H3. The van der Waals surface area contributed by atoms with Crippen molar-refractivity contribution in [2.45, 2.75) is 45.4 Å². The van der Waals surface area contributed by atoms with Crippen LogP contribution in [0.1, 0.15) is 54.9 Å². The Hall–Kier alpha value is -3.17. The van der Waals surface area contributed by atoms with Crippen LogP contribution in [0.5, 0.6) is 0 Å². The molecule has 1 aromatic heterocycles. The Morgan fingerprint density at radius 3 is 2.38 bits per heavy atom. The highest BCUT2D eigenvalue weighted by Crippen LogP contribution is 2.44. The number of furan rings is 1. The van der Waals surface area contributed by atoms with E-state index in [2.05, 4.69) is 0 Å². The van der Waals surface area contributed by atoms with Gasteiger partial charge < -0.3 is 14.1 Å². The van der Waals surface area contributed by atoms with Crippen LogP contribution in [0.25, 0.3) is 5.57 Å². The van der Waals surface area contributed by atoms with Gasteiger partial charge in [-0.2, -0.15) is 13.2 Å². The molecule has 10 heteroatoms. The maximum absolute atomic E-state index is 13.7. The average molecular weight is 457 g/mol. The molecule has 32 heavy (non-hydrogen) atoms. The van der Waals surface area contributed by atoms with Crippen LogP contribution in [-0.2, 0) is 21.1 Å². The van der Waals surface area contributed by atoms with Gasteiger partial charge in [-0.25, -0.2) is 13.6 Å². The molecule has 1 aromatic carbocycles. The number of halogens is 5. The molecule has 0 unspecified atom stereocenters. The molecule has 0 saturated carbocycles. The summed E-state index contributed by atoms with van der Waals surface area (Å²) in [5, 5.41) is 0. The van der Waals surface area contributed by atoms with Crippen molar-refractivity contribution in [3.63, 3.8) is 0 Å². The number of amides is 1. The third kappa shape index (κ3) is 4.39. The zero-order valence-electron chi connectivity index (χ0n) is 17.6. The highest BCUT2D eigenvalue weighted by atomic mass is 19.4. The van der Waals surface area contributed by atoms with Crippen LogP contribution in [-0.4, -0.2) is 29.4 Å². The van der Waals surface area contributed by atoms with Crippen LogP contribution in [0.15, 0.2) is 35.1 Å². The quantitative estimate of drug-likeness (QED) is 0.464. The Morgan fingerprint density at radius 1 is 1.16 bits per heavy atom. The Morgan fingerprint density at radius 2 is 1.81 bits per heavy atom. The molecule has 0 N–H and O–H groups in total. The second kappa shape index (κ2) is 8.07. The van der Waals surface area contributed by atoms with E-state index in [1.165, 1.54) is 27.7 Å². The van der Waals surface area contributed by atoms with Crippen LogP contribution in [0.2, 0.25) is 0 Å². The monoisotopic (exact) mass is 457 g/mol. The number of esters is 1. The number of benzene rings is 1. The number of carbonyl (C=O) groups excluding carboxylic acids is 2. The molecule has 172 valence electrons. The molecule has 0 saturated heterocycles. The van der Waals surface area contributed by atoms with Crippen molar-refractivity contribution in [1.82, 2.24) is 4.90 Å². The zero-order chi connectivity index (χ0) is 24.0. The summed E-state index contributed by atoms with van der Waals surface area (Å²) in [5.41, 5.74) is -3.66. The van der Waals surface area contributed by atoms with Crippen molar-refractivity contribution in [3.8, 4) is 0 Å². The lowest BCUT2D eigenvalue weighted by atomic mass is 9.85. The molecule has 0 bridgehead atoms. The fraction of sp³-hybridized carbons (Fsp3) is 0.364.